The summed E-state index contributed by atoms with van der Waals surface area (Å²) in [5, 5.41) is 2.79. The molecule has 0 spiro atoms. The predicted octanol–water partition coefficient (Wildman–Crippen LogP) is 2.97. The molecule has 0 unspecified atom stereocenters. The molecule has 0 saturated carbocycles. The summed E-state index contributed by atoms with van der Waals surface area (Å²) < 4.78 is 5.34. The first kappa shape index (κ1) is 15.5. The number of aryl methyl sites for hydroxylation is 1. The van der Waals surface area contributed by atoms with Crippen LogP contribution in [0.3, 0.4) is 0 Å². The molecule has 3 N–H and O–H groups in total. The molecule has 0 fully saturated rings. The van der Waals surface area contributed by atoms with E-state index in [-0.39, 0.29) is 12.5 Å². The maximum atomic E-state index is 11.7. The molecular formula is C15H24N2O2. The minimum absolute atomic E-state index is 0.0753. The van der Waals surface area contributed by atoms with Gasteiger partial charge in [0.25, 0.3) is 0 Å². The molecule has 1 amide bonds. The van der Waals surface area contributed by atoms with Crippen molar-refractivity contribution in [1.29, 1.82) is 0 Å². The molecule has 0 radical (unpaired) electrons. The fourth-order valence-corrected chi connectivity index (χ4v) is 1.80. The van der Waals surface area contributed by atoms with Gasteiger partial charge in [0.05, 0.1) is 11.4 Å². The second kappa shape index (κ2) is 7.79. The number of amides is 1. The van der Waals surface area contributed by atoms with E-state index in [0.29, 0.717) is 23.9 Å². The zero-order valence-corrected chi connectivity index (χ0v) is 12.0. The largest absolute Gasteiger partial charge is 0.397 e. The van der Waals surface area contributed by atoms with Crippen molar-refractivity contribution < 1.29 is 9.53 Å². The summed E-state index contributed by atoms with van der Waals surface area (Å²) in [6, 6.07) is 5.55. The number of anilines is 2. The normalized spacial score (nSPS) is 10.7. The van der Waals surface area contributed by atoms with Crippen LogP contribution in [0.5, 0.6) is 0 Å². The number of carbonyl (C=O) groups is 1. The van der Waals surface area contributed by atoms with E-state index in [4.69, 9.17) is 10.5 Å². The van der Waals surface area contributed by atoms with E-state index in [1.807, 2.05) is 19.1 Å². The van der Waals surface area contributed by atoms with Gasteiger partial charge in [-0.2, -0.15) is 0 Å². The lowest BCUT2D eigenvalue weighted by molar-refractivity contribution is -0.120. The second-order valence-electron chi connectivity index (χ2n) is 5.18. The van der Waals surface area contributed by atoms with E-state index in [0.717, 1.165) is 18.4 Å². The van der Waals surface area contributed by atoms with Gasteiger partial charge in [0.2, 0.25) is 5.91 Å². The third kappa shape index (κ3) is 5.75. The molecule has 4 heteroatoms. The Labute approximate surface area is 115 Å². The van der Waals surface area contributed by atoms with Crippen molar-refractivity contribution in [3.05, 3.63) is 23.8 Å². The van der Waals surface area contributed by atoms with Gasteiger partial charge in [-0.3, -0.25) is 4.79 Å². The minimum Gasteiger partial charge on any atom is -0.397 e. The van der Waals surface area contributed by atoms with Crippen molar-refractivity contribution in [2.45, 2.75) is 33.6 Å². The summed E-state index contributed by atoms with van der Waals surface area (Å²) in [4.78, 5) is 11.7. The summed E-state index contributed by atoms with van der Waals surface area (Å²) in [7, 11) is 0. The highest BCUT2D eigenvalue weighted by Crippen LogP contribution is 2.22. The van der Waals surface area contributed by atoms with E-state index in [9.17, 15) is 4.79 Å². The first-order valence-corrected chi connectivity index (χ1v) is 6.73. The Morgan fingerprint density at radius 1 is 1.42 bits per heavy atom. The highest BCUT2D eigenvalue weighted by molar-refractivity contribution is 5.95. The van der Waals surface area contributed by atoms with Crippen LogP contribution >= 0.6 is 0 Å². The fourth-order valence-electron chi connectivity index (χ4n) is 1.80. The second-order valence-corrected chi connectivity index (χ2v) is 5.18. The molecule has 106 valence electrons. The van der Waals surface area contributed by atoms with Gasteiger partial charge in [-0.05, 0) is 37.3 Å². The van der Waals surface area contributed by atoms with Crippen LogP contribution in [0.15, 0.2) is 18.2 Å². The number of benzene rings is 1. The summed E-state index contributed by atoms with van der Waals surface area (Å²) in [6.45, 7) is 6.96. The van der Waals surface area contributed by atoms with Crippen molar-refractivity contribution in [2.24, 2.45) is 5.92 Å². The highest BCUT2D eigenvalue weighted by Gasteiger charge is 2.07. The lowest BCUT2D eigenvalue weighted by Crippen LogP contribution is -2.20. The molecule has 0 bridgehead atoms. The number of nitrogens with two attached hydrogens (primary N) is 1. The number of nitrogens with one attached hydrogen (secondary N) is 1. The van der Waals surface area contributed by atoms with Gasteiger partial charge < -0.3 is 15.8 Å². The van der Waals surface area contributed by atoms with Crippen LogP contribution in [-0.2, 0) is 9.53 Å². The highest BCUT2D eigenvalue weighted by atomic mass is 16.5. The Kier molecular flexibility index (Phi) is 6.36. The standard InChI is InChI=1S/C15H24N2O2/c1-11(2)6-5-9-19-10-14(18)17-15-12(3)7-4-8-13(15)16/h4,7-8,11H,5-6,9-10,16H2,1-3H3,(H,17,18). The van der Waals surface area contributed by atoms with Crippen molar-refractivity contribution >= 4 is 17.3 Å². The number of carbonyl (C=O) groups excluding carboxylic acids is 1. The lowest BCUT2D eigenvalue weighted by Gasteiger charge is -2.11. The zero-order valence-electron chi connectivity index (χ0n) is 12.0. The van der Waals surface area contributed by atoms with Crippen LogP contribution < -0.4 is 11.1 Å². The molecule has 1 aromatic rings. The van der Waals surface area contributed by atoms with Crippen LogP contribution in [0.1, 0.15) is 32.3 Å². The van der Waals surface area contributed by atoms with Crippen molar-refractivity contribution in [3.8, 4) is 0 Å². The number of ether oxygens (including phenoxy) is 1. The average molecular weight is 264 g/mol. The predicted molar refractivity (Wildman–Crippen MR) is 79.1 cm³/mol. The summed E-state index contributed by atoms with van der Waals surface area (Å²) >= 11 is 0. The molecule has 1 rings (SSSR count). The summed E-state index contributed by atoms with van der Waals surface area (Å²) in [5.74, 6) is 0.509. The van der Waals surface area contributed by atoms with E-state index in [1.165, 1.54) is 0 Å². The van der Waals surface area contributed by atoms with E-state index >= 15 is 0 Å². The van der Waals surface area contributed by atoms with Crippen molar-refractivity contribution in [1.82, 2.24) is 0 Å². The molecule has 1 aromatic carbocycles. The van der Waals surface area contributed by atoms with E-state index < -0.39 is 0 Å². The number of hydrogen-bond donors (Lipinski definition) is 2. The van der Waals surface area contributed by atoms with E-state index in [1.54, 1.807) is 6.07 Å². The molecule has 0 atom stereocenters. The summed E-state index contributed by atoms with van der Waals surface area (Å²) in [5.41, 5.74) is 8.03. The number of rotatable bonds is 7. The maximum absolute atomic E-state index is 11.7. The number of nitrogen functional groups attached to an aromatic ring is 1. The van der Waals surface area contributed by atoms with Gasteiger partial charge >= 0.3 is 0 Å². The Morgan fingerprint density at radius 2 is 2.16 bits per heavy atom. The maximum Gasteiger partial charge on any atom is 0.250 e. The Morgan fingerprint density at radius 3 is 2.79 bits per heavy atom. The SMILES string of the molecule is Cc1cccc(N)c1NC(=O)COCCCC(C)C. The van der Waals surface area contributed by atoms with E-state index in [2.05, 4.69) is 19.2 Å². The van der Waals surface area contributed by atoms with Crippen LogP contribution in [0, 0.1) is 12.8 Å². The molecule has 0 aliphatic rings. The topological polar surface area (TPSA) is 64.3 Å². The summed E-state index contributed by atoms with van der Waals surface area (Å²) in [6.07, 6.45) is 2.10. The fraction of sp³-hybridized carbons (Fsp3) is 0.533. The zero-order chi connectivity index (χ0) is 14.3. The third-order valence-corrected chi connectivity index (χ3v) is 2.87. The van der Waals surface area contributed by atoms with Gasteiger partial charge in [-0.1, -0.05) is 26.0 Å². The van der Waals surface area contributed by atoms with Crippen molar-refractivity contribution in [2.75, 3.05) is 24.3 Å². The Balaban J connectivity index is 2.32. The molecule has 0 aliphatic heterocycles. The first-order valence-electron chi connectivity index (χ1n) is 6.73. The van der Waals surface area contributed by atoms with Crippen LogP contribution in [0.25, 0.3) is 0 Å². The van der Waals surface area contributed by atoms with Crippen LogP contribution in [-0.4, -0.2) is 19.1 Å². The molecular weight excluding hydrogens is 240 g/mol. The number of hydrogen-bond acceptors (Lipinski definition) is 3. The smallest absolute Gasteiger partial charge is 0.250 e. The lowest BCUT2D eigenvalue weighted by atomic mass is 10.1. The van der Waals surface area contributed by atoms with Gasteiger partial charge in [0.15, 0.2) is 0 Å². The minimum atomic E-state index is -0.162. The van der Waals surface area contributed by atoms with Gasteiger partial charge in [-0.15, -0.1) is 0 Å². The van der Waals surface area contributed by atoms with Gasteiger partial charge in [0.1, 0.15) is 6.61 Å². The Bertz CT molecular complexity index is 396. The molecule has 4 nitrogen and oxygen atoms in total. The average Bonchev–Trinajstić information content (AvgIpc) is 2.33. The molecule has 0 saturated heterocycles. The monoisotopic (exact) mass is 264 g/mol. The first-order chi connectivity index (χ1) is 9.00. The van der Waals surface area contributed by atoms with Crippen molar-refractivity contribution in [3.63, 3.8) is 0 Å². The molecule has 19 heavy (non-hydrogen) atoms. The van der Waals surface area contributed by atoms with Crippen LogP contribution in [0.2, 0.25) is 0 Å². The molecule has 0 heterocycles. The third-order valence-electron chi connectivity index (χ3n) is 2.87. The number of para-hydroxylation sites is 1. The van der Waals surface area contributed by atoms with Crippen LogP contribution in [0.4, 0.5) is 11.4 Å². The Hall–Kier alpha value is -1.55. The van der Waals surface area contributed by atoms with Gasteiger partial charge in [-0.25, -0.2) is 0 Å². The molecule has 0 aliphatic carbocycles. The molecule has 0 aromatic heterocycles. The quantitative estimate of drug-likeness (QED) is 0.588. The van der Waals surface area contributed by atoms with Gasteiger partial charge in [0, 0.05) is 6.61 Å².